The van der Waals surface area contributed by atoms with Crippen LogP contribution in [0, 0.1) is 6.08 Å². The summed E-state index contributed by atoms with van der Waals surface area (Å²) in [6.45, 7) is 5.00. The van der Waals surface area contributed by atoms with Gasteiger partial charge in [0.25, 0.3) is 0 Å². The van der Waals surface area contributed by atoms with Crippen molar-refractivity contribution in [2.24, 2.45) is 0 Å². The second-order valence-corrected chi connectivity index (χ2v) is 0.354. The fourth-order valence-electron chi connectivity index (χ4n) is 0. The molecule has 4 heavy (non-hydrogen) atoms. The summed E-state index contributed by atoms with van der Waals surface area (Å²) in [4.78, 5) is 0. The summed E-state index contributed by atoms with van der Waals surface area (Å²) in [6, 6.07) is 0. The first-order valence-corrected chi connectivity index (χ1v) is 0.854. The van der Waals surface area contributed by atoms with Gasteiger partial charge in [-0.25, -0.2) is 0 Å². The van der Waals surface area contributed by atoms with Crippen molar-refractivity contribution in [2.75, 3.05) is 0 Å². The molecule has 0 aromatic carbocycles. The van der Waals surface area contributed by atoms with Crippen LogP contribution in [0.3, 0.4) is 0 Å². The van der Waals surface area contributed by atoms with E-state index in [4.69, 9.17) is 0 Å². The molecular weight excluding hydrogens is 43.0 g/mol. The van der Waals surface area contributed by atoms with E-state index in [0.717, 1.165) is 0 Å². The molecule has 0 spiro atoms. The van der Waals surface area contributed by atoms with Crippen molar-refractivity contribution in [3.05, 3.63) is 12.7 Å². The van der Waals surface area contributed by atoms with Gasteiger partial charge in [-0.3, -0.25) is 6.58 Å². The molecule has 0 aromatic heterocycles. The van der Waals surface area contributed by atoms with E-state index in [-0.39, 0.29) is 18.9 Å². The summed E-state index contributed by atoms with van der Waals surface area (Å²) in [5.74, 6) is 0. The third-order valence-electron chi connectivity index (χ3n) is 0. The van der Waals surface area contributed by atoms with Crippen LogP contribution < -0.4 is 18.9 Å². The van der Waals surface area contributed by atoms with Crippen molar-refractivity contribution < 1.29 is 18.9 Å². The summed E-state index contributed by atoms with van der Waals surface area (Å²) in [7, 11) is 0. The predicted molar refractivity (Wildman–Crippen MR) is 14.5 cm³/mol. The topological polar surface area (TPSA) is 0 Å². The van der Waals surface area contributed by atoms with Crippen molar-refractivity contribution in [1.29, 1.82) is 0 Å². The van der Waals surface area contributed by atoms with Gasteiger partial charge in [0.15, 0.2) is 0 Å². The van der Waals surface area contributed by atoms with E-state index in [2.05, 4.69) is 12.7 Å². The van der Waals surface area contributed by atoms with E-state index < -0.39 is 0 Å². The van der Waals surface area contributed by atoms with Crippen molar-refractivity contribution in [3.8, 4) is 0 Å². The Morgan fingerprint density at radius 2 is 1.75 bits per heavy atom. The van der Waals surface area contributed by atoms with E-state index in [1.54, 1.807) is 6.92 Å². The van der Waals surface area contributed by atoms with Crippen LogP contribution >= 0.6 is 0 Å². The zero-order chi connectivity index (χ0) is 2.71. The molecule has 18 valence electrons. The Morgan fingerprint density at radius 1 is 1.75 bits per heavy atom. The molecule has 1 heteroatoms. The molecule has 0 N–H and O–H groups in total. The molecule has 0 unspecified atom stereocenters. The molecule has 0 aromatic rings. The van der Waals surface area contributed by atoms with Crippen LogP contribution in [-0.4, -0.2) is 0 Å². The molecule has 0 atom stereocenters. The maximum Gasteiger partial charge on any atom is 1.00 e. The van der Waals surface area contributed by atoms with Gasteiger partial charge in [-0.05, 0) is 0 Å². The van der Waals surface area contributed by atoms with Crippen molar-refractivity contribution in [3.63, 3.8) is 0 Å². The molecule has 0 amide bonds. The molecule has 0 radical (unpaired) electrons. The summed E-state index contributed by atoms with van der Waals surface area (Å²) in [5, 5.41) is 0. The summed E-state index contributed by atoms with van der Waals surface area (Å²) in [6.07, 6.45) is 2.50. The quantitative estimate of drug-likeness (QED) is 0.219. The molecule has 0 fully saturated rings. The predicted octanol–water partition coefficient (Wildman–Crippen LogP) is -2.00. The molecule has 0 bridgehead atoms. The zero-order valence-electron chi connectivity index (χ0n) is 3.21. The minimum absolute atomic E-state index is 0. The number of allylic oxidation sites excluding steroid dienone is 1. The van der Waals surface area contributed by atoms with Crippen LogP contribution in [0.4, 0.5) is 0 Å². The largest absolute Gasteiger partial charge is 1.00 e. The van der Waals surface area contributed by atoms with E-state index >= 15 is 0 Å². The van der Waals surface area contributed by atoms with Gasteiger partial charge in [0.1, 0.15) is 0 Å². The van der Waals surface area contributed by atoms with Crippen LogP contribution in [0.15, 0.2) is 6.58 Å². The van der Waals surface area contributed by atoms with Crippen LogP contribution in [0.5, 0.6) is 0 Å². The van der Waals surface area contributed by atoms with E-state index in [1.807, 2.05) is 0 Å². The number of rotatable bonds is 0. The minimum atomic E-state index is 0. The average Bonchev–Trinajstić information content (AvgIpc) is 0.918. The molecule has 0 aliphatic heterocycles. The van der Waals surface area contributed by atoms with Gasteiger partial charge >= 0.3 is 18.9 Å². The molecule has 0 rings (SSSR count). The van der Waals surface area contributed by atoms with Gasteiger partial charge in [-0.2, -0.15) is 6.92 Å². The molecule has 0 aliphatic rings. The molecule has 0 nitrogen and oxygen atoms in total. The first-order chi connectivity index (χ1) is 1.41. The van der Waals surface area contributed by atoms with Crippen LogP contribution in [-0.2, 0) is 0 Å². The van der Waals surface area contributed by atoms with Gasteiger partial charge in [0.05, 0.1) is 0 Å². The van der Waals surface area contributed by atoms with E-state index in [0.29, 0.717) is 0 Å². The second-order valence-electron chi connectivity index (χ2n) is 0.354. The standard InChI is InChI=1S/C3H5.Li/c1-3-2;/h1H2,2H3;/q-1;+1. The Bertz CT molecular complexity index is 10.8. The molecule has 0 saturated heterocycles. The average molecular weight is 48.0 g/mol. The summed E-state index contributed by atoms with van der Waals surface area (Å²) < 4.78 is 0. The van der Waals surface area contributed by atoms with E-state index in [1.165, 1.54) is 0 Å². The first kappa shape index (κ1) is 8.84. The Hall–Kier alpha value is 0.337. The Kier molecular flexibility index (Phi) is 22.5. The molecule has 0 aliphatic carbocycles. The Labute approximate surface area is 39.1 Å². The third kappa shape index (κ3) is 36.7. The normalized spacial score (nSPS) is 3.25. The van der Waals surface area contributed by atoms with Gasteiger partial charge in [0.2, 0.25) is 0 Å². The SMILES string of the molecule is C=[C-]C.[Li+]. The monoisotopic (exact) mass is 48.1 g/mol. The fourth-order valence-corrected chi connectivity index (χ4v) is 0. The Balaban J connectivity index is 0. The smallest absolute Gasteiger partial charge is 0.507 e. The van der Waals surface area contributed by atoms with Crippen molar-refractivity contribution >= 4 is 0 Å². The third-order valence-corrected chi connectivity index (χ3v) is 0. The van der Waals surface area contributed by atoms with Gasteiger partial charge in [0, 0.05) is 0 Å². The van der Waals surface area contributed by atoms with Gasteiger partial charge in [-0.15, -0.1) is 0 Å². The zero-order valence-corrected chi connectivity index (χ0v) is 3.21. The molecular formula is C3H5Li. The minimum Gasteiger partial charge on any atom is -0.507 e. The van der Waals surface area contributed by atoms with Crippen LogP contribution in [0.25, 0.3) is 0 Å². The maximum atomic E-state index is 3.24. The number of hydrogen-bond acceptors (Lipinski definition) is 0. The number of hydrogen-bond donors (Lipinski definition) is 0. The first-order valence-electron chi connectivity index (χ1n) is 0.854. The Morgan fingerprint density at radius 3 is 1.75 bits per heavy atom. The van der Waals surface area contributed by atoms with Crippen LogP contribution in [0.2, 0.25) is 0 Å². The van der Waals surface area contributed by atoms with Crippen LogP contribution in [0.1, 0.15) is 6.92 Å². The van der Waals surface area contributed by atoms with Gasteiger partial charge < -0.3 is 6.08 Å². The second kappa shape index (κ2) is 10.2. The maximum absolute atomic E-state index is 3.24. The fraction of sp³-hybridized carbons (Fsp3) is 0.333. The van der Waals surface area contributed by atoms with Crippen molar-refractivity contribution in [1.82, 2.24) is 0 Å². The summed E-state index contributed by atoms with van der Waals surface area (Å²) >= 11 is 0. The van der Waals surface area contributed by atoms with Gasteiger partial charge in [-0.1, -0.05) is 0 Å². The summed E-state index contributed by atoms with van der Waals surface area (Å²) in [5.41, 5.74) is 0. The van der Waals surface area contributed by atoms with E-state index in [9.17, 15) is 0 Å². The van der Waals surface area contributed by atoms with Crippen molar-refractivity contribution in [2.45, 2.75) is 6.92 Å². The molecule has 0 saturated carbocycles. The molecule has 0 heterocycles.